The predicted molar refractivity (Wildman–Crippen MR) is 65.2 cm³/mol. The van der Waals surface area contributed by atoms with Gasteiger partial charge in [0.2, 0.25) is 0 Å². The number of hydrogen-bond acceptors (Lipinski definition) is 3. The van der Waals surface area contributed by atoms with E-state index in [2.05, 4.69) is 32.2 Å². The molecule has 0 bridgehead atoms. The van der Waals surface area contributed by atoms with Crippen LogP contribution in [0.2, 0.25) is 0 Å². The average Bonchev–Trinajstić information content (AvgIpc) is 3.00. The molecule has 0 amide bonds. The van der Waals surface area contributed by atoms with Crippen LogP contribution in [0.5, 0.6) is 0 Å². The zero-order chi connectivity index (χ0) is 11.5. The second-order valence-corrected chi connectivity index (χ2v) is 4.46. The molecule has 0 saturated carbocycles. The molecule has 2 aromatic rings. The molecule has 1 saturated heterocycles. The molecular formula is C13H16N4. The summed E-state index contributed by atoms with van der Waals surface area (Å²) >= 11 is 0. The van der Waals surface area contributed by atoms with E-state index in [4.69, 9.17) is 0 Å². The summed E-state index contributed by atoms with van der Waals surface area (Å²) in [5.41, 5.74) is 2.36. The number of likely N-dealkylation sites (tertiary alicyclic amines) is 1. The summed E-state index contributed by atoms with van der Waals surface area (Å²) in [5.74, 6) is 0. The highest BCUT2D eigenvalue weighted by molar-refractivity contribution is 5.09. The van der Waals surface area contributed by atoms with Crippen LogP contribution in [0.1, 0.15) is 30.3 Å². The lowest BCUT2D eigenvalue weighted by molar-refractivity contribution is 0.241. The van der Waals surface area contributed by atoms with Gasteiger partial charge in [-0.1, -0.05) is 6.07 Å². The van der Waals surface area contributed by atoms with Crippen LogP contribution in [0.3, 0.4) is 0 Å². The molecule has 0 radical (unpaired) electrons. The highest BCUT2D eigenvalue weighted by Gasteiger charge is 2.26. The minimum atomic E-state index is 0.472. The Labute approximate surface area is 101 Å². The summed E-state index contributed by atoms with van der Waals surface area (Å²) in [4.78, 5) is 6.86. The highest BCUT2D eigenvalue weighted by Crippen LogP contribution is 2.31. The maximum atomic E-state index is 4.39. The Hall–Kier alpha value is -1.68. The number of nitrogens with one attached hydrogen (secondary N) is 1. The van der Waals surface area contributed by atoms with E-state index in [1.165, 1.54) is 18.5 Å². The van der Waals surface area contributed by atoms with Crippen LogP contribution >= 0.6 is 0 Å². The molecule has 3 rings (SSSR count). The third kappa shape index (κ3) is 2.22. The number of H-pyrrole nitrogens is 1. The number of nitrogens with zero attached hydrogens (tertiary/aromatic N) is 3. The Kier molecular flexibility index (Phi) is 2.88. The van der Waals surface area contributed by atoms with Gasteiger partial charge in [-0.2, -0.15) is 5.10 Å². The first-order valence-corrected chi connectivity index (χ1v) is 6.07. The van der Waals surface area contributed by atoms with Gasteiger partial charge in [-0.25, -0.2) is 0 Å². The van der Waals surface area contributed by atoms with Crippen LogP contribution in [0.25, 0.3) is 0 Å². The number of hydrogen-bond donors (Lipinski definition) is 1. The average molecular weight is 228 g/mol. The van der Waals surface area contributed by atoms with Gasteiger partial charge in [0.25, 0.3) is 0 Å². The third-order valence-electron chi connectivity index (χ3n) is 3.34. The summed E-state index contributed by atoms with van der Waals surface area (Å²) in [6.45, 7) is 2.06. The molecule has 1 N–H and O–H groups in total. The third-order valence-corrected chi connectivity index (χ3v) is 3.34. The van der Waals surface area contributed by atoms with Crippen molar-refractivity contribution < 1.29 is 0 Å². The molecule has 1 fully saturated rings. The van der Waals surface area contributed by atoms with Crippen molar-refractivity contribution >= 4 is 0 Å². The fourth-order valence-corrected chi connectivity index (χ4v) is 2.52. The molecule has 4 nitrogen and oxygen atoms in total. The van der Waals surface area contributed by atoms with Crippen molar-refractivity contribution in [1.29, 1.82) is 0 Å². The molecule has 0 aliphatic carbocycles. The number of rotatable bonds is 3. The molecule has 17 heavy (non-hydrogen) atoms. The normalized spacial score (nSPS) is 20.8. The summed E-state index contributed by atoms with van der Waals surface area (Å²) in [7, 11) is 0. The maximum absolute atomic E-state index is 4.39. The van der Waals surface area contributed by atoms with E-state index in [1.54, 1.807) is 0 Å². The van der Waals surface area contributed by atoms with Crippen LogP contribution in [-0.4, -0.2) is 26.6 Å². The van der Waals surface area contributed by atoms with Gasteiger partial charge in [0, 0.05) is 18.9 Å². The first kappa shape index (κ1) is 10.5. The molecular weight excluding hydrogens is 212 g/mol. The lowest BCUT2D eigenvalue weighted by Gasteiger charge is -2.22. The fraction of sp³-hybridized carbons (Fsp3) is 0.385. The molecule has 1 aliphatic heterocycles. The quantitative estimate of drug-likeness (QED) is 0.875. The summed E-state index contributed by atoms with van der Waals surface area (Å²) in [6.07, 6.45) is 6.13. The van der Waals surface area contributed by atoms with Crippen LogP contribution < -0.4 is 0 Å². The Morgan fingerprint density at radius 1 is 1.29 bits per heavy atom. The van der Waals surface area contributed by atoms with Crippen LogP contribution in [-0.2, 0) is 6.54 Å². The van der Waals surface area contributed by atoms with Gasteiger partial charge in [-0.3, -0.25) is 15.0 Å². The monoisotopic (exact) mass is 228 g/mol. The van der Waals surface area contributed by atoms with E-state index in [0.717, 1.165) is 18.8 Å². The predicted octanol–water partition coefficient (Wildman–Crippen LogP) is 2.14. The summed E-state index contributed by atoms with van der Waals surface area (Å²) in [5, 5.41) is 7.12. The van der Waals surface area contributed by atoms with E-state index in [1.807, 2.05) is 24.5 Å². The van der Waals surface area contributed by atoms with Crippen molar-refractivity contribution in [3.05, 3.63) is 48.0 Å². The zero-order valence-corrected chi connectivity index (χ0v) is 9.71. The van der Waals surface area contributed by atoms with E-state index < -0.39 is 0 Å². The molecule has 4 heteroatoms. The Morgan fingerprint density at radius 3 is 3.06 bits per heavy atom. The maximum Gasteiger partial charge on any atom is 0.0544 e. The number of aromatic amines is 1. The standard InChI is InChI=1S/C13H16N4/c1-2-7-14-11(4-1)10-17-9-3-5-13(17)12-6-8-15-16-12/h1-2,4,6-8,13H,3,5,9-10H2,(H,15,16). The van der Waals surface area contributed by atoms with Gasteiger partial charge >= 0.3 is 0 Å². The van der Waals surface area contributed by atoms with Gasteiger partial charge in [0.15, 0.2) is 0 Å². The second kappa shape index (κ2) is 4.67. The van der Waals surface area contributed by atoms with E-state index in [-0.39, 0.29) is 0 Å². The molecule has 0 spiro atoms. The minimum absolute atomic E-state index is 0.472. The van der Waals surface area contributed by atoms with Gasteiger partial charge in [-0.15, -0.1) is 0 Å². The summed E-state index contributed by atoms with van der Waals surface area (Å²) < 4.78 is 0. The Bertz CT molecular complexity index is 452. The molecule has 1 unspecified atom stereocenters. The Balaban J connectivity index is 1.75. The lowest BCUT2D eigenvalue weighted by Crippen LogP contribution is -2.23. The minimum Gasteiger partial charge on any atom is -0.289 e. The van der Waals surface area contributed by atoms with Gasteiger partial charge in [0.1, 0.15) is 0 Å². The zero-order valence-electron chi connectivity index (χ0n) is 9.71. The first-order chi connectivity index (χ1) is 8.43. The molecule has 88 valence electrons. The SMILES string of the molecule is c1ccc(CN2CCCC2c2ccn[nH]2)nc1. The van der Waals surface area contributed by atoms with Crippen LogP contribution in [0, 0.1) is 0 Å². The smallest absolute Gasteiger partial charge is 0.0544 e. The lowest BCUT2D eigenvalue weighted by atomic mass is 10.1. The van der Waals surface area contributed by atoms with Crippen molar-refractivity contribution in [3.8, 4) is 0 Å². The second-order valence-electron chi connectivity index (χ2n) is 4.46. The van der Waals surface area contributed by atoms with Crippen molar-refractivity contribution in [2.75, 3.05) is 6.54 Å². The van der Waals surface area contributed by atoms with Gasteiger partial charge < -0.3 is 0 Å². The topological polar surface area (TPSA) is 44.8 Å². The largest absolute Gasteiger partial charge is 0.289 e. The number of aromatic nitrogens is 3. The van der Waals surface area contributed by atoms with Gasteiger partial charge in [0.05, 0.1) is 17.4 Å². The van der Waals surface area contributed by atoms with E-state index in [9.17, 15) is 0 Å². The molecule has 0 aromatic carbocycles. The van der Waals surface area contributed by atoms with E-state index >= 15 is 0 Å². The molecule has 1 atom stereocenters. The molecule has 3 heterocycles. The van der Waals surface area contributed by atoms with Crippen LogP contribution in [0.4, 0.5) is 0 Å². The van der Waals surface area contributed by atoms with Crippen molar-refractivity contribution in [3.63, 3.8) is 0 Å². The first-order valence-electron chi connectivity index (χ1n) is 6.07. The number of pyridine rings is 1. The summed E-state index contributed by atoms with van der Waals surface area (Å²) in [6, 6.07) is 8.63. The van der Waals surface area contributed by atoms with E-state index in [0.29, 0.717) is 6.04 Å². The van der Waals surface area contributed by atoms with Crippen molar-refractivity contribution in [1.82, 2.24) is 20.1 Å². The van der Waals surface area contributed by atoms with Crippen molar-refractivity contribution in [2.45, 2.75) is 25.4 Å². The Morgan fingerprint density at radius 2 is 2.29 bits per heavy atom. The highest BCUT2D eigenvalue weighted by atomic mass is 15.2. The fourth-order valence-electron chi connectivity index (χ4n) is 2.52. The van der Waals surface area contributed by atoms with Crippen LogP contribution in [0.15, 0.2) is 36.7 Å². The molecule has 1 aliphatic rings. The van der Waals surface area contributed by atoms with Gasteiger partial charge in [-0.05, 0) is 37.6 Å². The molecule has 2 aromatic heterocycles. The van der Waals surface area contributed by atoms with Crippen molar-refractivity contribution in [2.24, 2.45) is 0 Å².